The SMILES string of the molecule is C=Cc1cc2nccnc2n1CC. The van der Waals surface area contributed by atoms with Crippen LogP contribution < -0.4 is 0 Å². The number of aryl methyl sites for hydroxylation is 1. The van der Waals surface area contributed by atoms with E-state index in [9.17, 15) is 0 Å². The lowest BCUT2D eigenvalue weighted by atomic mass is 10.4. The molecular formula is C10H11N3. The first-order valence-electron chi connectivity index (χ1n) is 4.29. The molecule has 3 nitrogen and oxygen atoms in total. The topological polar surface area (TPSA) is 30.7 Å². The minimum atomic E-state index is 0.892. The molecule has 0 saturated heterocycles. The Morgan fingerprint density at radius 2 is 2.23 bits per heavy atom. The number of nitrogens with zero attached hydrogens (tertiary/aromatic N) is 3. The summed E-state index contributed by atoms with van der Waals surface area (Å²) >= 11 is 0. The van der Waals surface area contributed by atoms with Gasteiger partial charge >= 0.3 is 0 Å². The maximum Gasteiger partial charge on any atom is 0.159 e. The van der Waals surface area contributed by atoms with E-state index in [2.05, 4.69) is 28.0 Å². The summed E-state index contributed by atoms with van der Waals surface area (Å²) < 4.78 is 2.09. The molecule has 2 aromatic heterocycles. The van der Waals surface area contributed by atoms with Crippen molar-refractivity contribution >= 4 is 17.2 Å². The summed E-state index contributed by atoms with van der Waals surface area (Å²) in [5.74, 6) is 0. The second kappa shape index (κ2) is 3.01. The Labute approximate surface area is 76.7 Å². The summed E-state index contributed by atoms with van der Waals surface area (Å²) in [4.78, 5) is 8.50. The van der Waals surface area contributed by atoms with Crippen LogP contribution in [0.1, 0.15) is 12.6 Å². The highest BCUT2D eigenvalue weighted by atomic mass is 15.1. The van der Waals surface area contributed by atoms with Gasteiger partial charge in [-0.25, -0.2) is 4.98 Å². The van der Waals surface area contributed by atoms with Crippen molar-refractivity contribution in [3.05, 3.63) is 30.7 Å². The van der Waals surface area contributed by atoms with Crippen LogP contribution >= 0.6 is 0 Å². The Balaban J connectivity index is 2.81. The third-order valence-corrected chi connectivity index (χ3v) is 2.08. The maximum absolute atomic E-state index is 4.27. The molecule has 0 aliphatic heterocycles. The predicted molar refractivity (Wildman–Crippen MR) is 53.3 cm³/mol. The Kier molecular flexibility index (Phi) is 1.85. The first-order valence-corrected chi connectivity index (χ1v) is 4.29. The second-order valence-electron chi connectivity index (χ2n) is 2.78. The highest BCUT2D eigenvalue weighted by molar-refractivity contribution is 5.75. The molecule has 13 heavy (non-hydrogen) atoms. The molecule has 0 bridgehead atoms. The fraction of sp³-hybridized carbons (Fsp3) is 0.200. The normalized spacial score (nSPS) is 10.5. The molecule has 2 rings (SSSR count). The van der Waals surface area contributed by atoms with Crippen molar-refractivity contribution < 1.29 is 0 Å². The minimum Gasteiger partial charge on any atom is -0.325 e. The van der Waals surface area contributed by atoms with E-state index in [1.807, 2.05) is 12.1 Å². The van der Waals surface area contributed by atoms with Gasteiger partial charge in [0.05, 0.1) is 0 Å². The van der Waals surface area contributed by atoms with Gasteiger partial charge in [0.1, 0.15) is 5.52 Å². The molecule has 0 N–H and O–H groups in total. The van der Waals surface area contributed by atoms with Gasteiger partial charge in [-0.15, -0.1) is 0 Å². The van der Waals surface area contributed by atoms with Gasteiger partial charge < -0.3 is 4.57 Å². The Bertz CT molecular complexity index is 442. The van der Waals surface area contributed by atoms with Crippen molar-refractivity contribution in [3.63, 3.8) is 0 Å². The smallest absolute Gasteiger partial charge is 0.159 e. The summed E-state index contributed by atoms with van der Waals surface area (Å²) in [6, 6.07) is 2.00. The molecule has 2 heterocycles. The Morgan fingerprint density at radius 3 is 2.92 bits per heavy atom. The Hall–Kier alpha value is -1.64. The van der Waals surface area contributed by atoms with Crippen molar-refractivity contribution in [2.75, 3.05) is 0 Å². The molecule has 0 saturated carbocycles. The molecule has 0 aliphatic rings. The molecule has 3 heteroatoms. The molecule has 0 aromatic carbocycles. The van der Waals surface area contributed by atoms with Crippen LogP contribution in [0.3, 0.4) is 0 Å². The van der Waals surface area contributed by atoms with Crippen molar-refractivity contribution in [1.82, 2.24) is 14.5 Å². The van der Waals surface area contributed by atoms with Crippen LogP contribution in [0.5, 0.6) is 0 Å². The fourth-order valence-corrected chi connectivity index (χ4v) is 1.49. The van der Waals surface area contributed by atoms with Crippen molar-refractivity contribution in [2.45, 2.75) is 13.5 Å². The Morgan fingerprint density at radius 1 is 1.46 bits per heavy atom. The van der Waals surface area contributed by atoms with E-state index in [1.54, 1.807) is 12.4 Å². The number of fused-ring (bicyclic) bond motifs is 1. The van der Waals surface area contributed by atoms with E-state index in [-0.39, 0.29) is 0 Å². The average molecular weight is 173 g/mol. The summed E-state index contributed by atoms with van der Waals surface area (Å²) in [5.41, 5.74) is 2.93. The van der Waals surface area contributed by atoms with E-state index in [0.717, 1.165) is 23.4 Å². The van der Waals surface area contributed by atoms with E-state index < -0.39 is 0 Å². The average Bonchev–Trinajstić information content (AvgIpc) is 2.55. The molecule has 0 radical (unpaired) electrons. The van der Waals surface area contributed by atoms with Gasteiger partial charge in [-0.05, 0) is 19.1 Å². The first kappa shape index (κ1) is 7.98. The van der Waals surface area contributed by atoms with Crippen LogP contribution in [0.25, 0.3) is 17.2 Å². The lowest BCUT2D eigenvalue weighted by molar-refractivity contribution is 0.779. The fourth-order valence-electron chi connectivity index (χ4n) is 1.49. The summed E-state index contributed by atoms with van der Waals surface area (Å²) in [6.45, 7) is 6.74. The highest BCUT2D eigenvalue weighted by Gasteiger charge is 2.05. The largest absolute Gasteiger partial charge is 0.325 e. The van der Waals surface area contributed by atoms with Crippen LogP contribution in [0.2, 0.25) is 0 Å². The van der Waals surface area contributed by atoms with Gasteiger partial charge in [-0.2, -0.15) is 0 Å². The van der Waals surface area contributed by atoms with E-state index in [1.165, 1.54) is 0 Å². The molecule has 0 spiro atoms. The molecule has 0 amide bonds. The highest BCUT2D eigenvalue weighted by Crippen LogP contribution is 2.15. The number of hydrogen-bond donors (Lipinski definition) is 0. The van der Waals surface area contributed by atoms with Gasteiger partial charge in [0.2, 0.25) is 0 Å². The minimum absolute atomic E-state index is 0.892. The maximum atomic E-state index is 4.27. The summed E-state index contributed by atoms with van der Waals surface area (Å²) in [5, 5.41) is 0. The van der Waals surface area contributed by atoms with E-state index in [4.69, 9.17) is 0 Å². The van der Waals surface area contributed by atoms with Gasteiger partial charge in [-0.3, -0.25) is 4.98 Å². The first-order chi connectivity index (χ1) is 6.36. The second-order valence-corrected chi connectivity index (χ2v) is 2.78. The lowest BCUT2D eigenvalue weighted by Crippen LogP contribution is -1.97. The van der Waals surface area contributed by atoms with Crippen LogP contribution in [-0.2, 0) is 6.54 Å². The van der Waals surface area contributed by atoms with E-state index in [0.29, 0.717) is 0 Å². The van der Waals surface area contributed by atoms with E-state index >= 15 is 0 Å². The predicted octanol–water partition coefficient (Wildman–Crippen LogP) is 2.09. The molecular weight excluding hydrogens is 162 g/mol. The van der Waals surface area contributed by atoms with Crippen LogP contribution in [0.15, 0.2) is 25.0 Å². The molecule has 66 valence electrons. The van der Waals surface area contributed by atoms with Gasteiger partial charge in [0, 0.05) is 24.6 Å². The van der Waals surface area contributed by atoms with Gasteiger partial charge in [0.25, 0.3) is 0 Å². The number of hydrogen-bond acceptors (Lipinski definition) is 2. The monoisotopic (exact) mass is 173 g/mol. The zero-order chi connectivity index (χ0) is 9.26. The van der Waals surface area contributed by atoms with Crippen LogP contribution in [-0.4, -0.2) is 14.5 Å². The summed E-state index contributed by atoms with van der Waals surface area (Å²) in [6.07, 6.45) is 5.24. The third kappa shape index (κ3) is 1.13. The van der Waals surface area contributed by atoms with Gasteiger partial charge in [0.15, 0.2) is 5.65 Å². The quantitative estimate of drug-likeness (QED) is 0.696. The molecule has 0 atom stereocenters. The van der Waals surface area contributed by atoms with Crippen molar-refractivity contribution in [3.8, 4) is 0 Å². The molecule has 2 aromatic rings. The summed E-state index contributed by atoms with van der Waals surface area (Å²) in [7, 11) is 0. The number of rotatable bonds is 2. The van der Waals surface area contributed by atoms with Crippen molar-refractivity contribution in [2.24, 2.45) is 0 Å². The molecule has 0 fully saturated rings. The molecule has 0 unspecified atom stereocenters. The standard InChI is InChI=1S/C10H11N3/c1-3-8-7-9-10(13(8)4-2)12-6-5-11-9/h3,5-7H,1,4H2,2H3. The number of aromatic nitrogens is 3. The zero-order valence-corrected chi connectivity index (χ0v) is 7.57. The third-order valence-electron chi connectivity index (χ3n) is 2.08. The zero-order valence-electron chi connectivity index (χ0n) is 7.57. The van der Waals surface area contributed by atoms with Crippen LogP contribution in [0.4, 0.5) is 0 Å². The van der Waals surface area contributed by atoms with Gasteiger partial charge in [-0.1, -0.05) is 6.58 Å². The van der Waals surface area contributed by atoms with Crippen molar-refractivity contribution in [1.29, 1.82) is 0 Å². The lowest BCUT2D eigenvalue weighted by Gasteiger charge is -2.01. The van der Waals surface area contributed by atoms with Crippen LogP contribution in [0, 0.1) is 0 Å². The molecule has 0 aliphatic carbocycles.